The molecule has 0 saturated carbocycles. The highest BCUT2D eigenvalue weighted by molar-refractivity contribution is 7.89. The van der Waals surface area contributed by atoms with Gasteiger partial charge < -0.3 is 0 Å². The SMILES string of the molecule is NS(=O)(=O)c1ccc(CC=NCC=S)cc1. The topological polar surface area (TPSA) is 72.5 Å². The summed E-state index contributed by atoms with van der Waals surface area (Å²) in [4.78, 5) is 4.15. The van der Waals surface area contributed by atoms with Gasteiger partial charge in [-0.3, -0.25) is 4.99 Å². The number of hydrogen-bond donors (Lipinski definition) is 1. The van der Waals surface area contributed by atoms with E-state index in [-0.39, 0.29) is 4.90 Å². The largest absolute Gasteiger partial charge is 0.292 e. The van der Waals surface area contributed by atoms with Crippen LogP contribution in [0, 0.1) is 0 Å². The molecule has 0 unspecified atom stereocenters. The van der Waals surface area contributed by atoms with Crippen LogP contribution in [0.2, 0.25) is 0 Å². The molecule has 0 fully saturated rings. The van der Waals surface area contributed by atoms with E-state index in [4.69, 9.17) is 5.14 Å². The lowest BCUT2D eigenvalue weighted by Crippen LogP contribution is -2.11. The monoisotopic (exact) mass is 256 g/mol. The summed E-state index contributed by atoms with van der Waals surface area (Å²) >= 11 is 4.62. The second kappa shape index (κ2) is 5.83. The van der Waals surface area contributed by atoms with Crippen LogP contribution in [0.3, 0.4) is 0 Å². The van der Waals surface area contributed by atoms with Gasteiger partial charge in [0.2, 0.25) is 10.0 Å². The summed E-state index contributed by atoms with van der Waals surface area (Å²) in [6, 6.07) is 6.39. The molecule has 16 heavy (non-hydrogen) atoms. The standard InChI is InChI=1S/C10H12N2O2S2/c11-16(13,14)10-3-1-9(2-4-10)5-6-12-7-8-15/h1-4,6,8H,5,7H2,(H2,11,13,14). The van der Waals surface area contributed by atoms with Gasteiger partial charge in [0.05, 0.1) is 11.4 Å². The third-order valence-electron chi connectivity index (χ3n) is 1.89. The molecule has 1 aromatic rings. The molecule has 6 heteroatoms. The zero-order valence-corrected chi connectivity index (χ0v) is 10.2. The van der Waals surface area contributed by atoms with E-state index in [1.165, 1.54) is 12.1 Å². The molecule has 0 heterocycles. The van der Waals surface area contributed by atoms with Crippen LogP contribution in [-0.4, -0.2) is 26.5 Å². The highest BCUT2D eigenvalue weighted by atomic mass is 32.2. The van der Waals surface area contributed by atoms with Crippen molar-refractivity contribution in [3.05, 3.63) is 29.8 Å². The molecule has 0 radical (unpaired) electrons. The fourth-order valence-electron chi connectivity index (χ4n) is 1.10. The number of sulfonamides is 1. The van der Waals surface area contributed by atoms with Crippen molar-refractivity contribution in [2.75, 3.05) is 6.54 Å². The highest BCUT2D eigenvalue weighted by Crippen LogP contribution is 2.08. The zero-order chi connectivity index (χ0) is 12.0. The molecule has 1 aromatic carbocycles. The molecule has 1 rings (SSSR count). The van der Waals surface area contributed by atoms with Gasteiger partial charge in [-0.05, 0) is 17.7 Å². The van der Waals surface area contributed by atoms with E-state index >= 15 is 0 Å². The lowest BCUT2D eigenvalue weighted by atomic mass is 10.2. The van der Waals surface area contributed by atoms with Gasteiger partial charge in [0.1, 0.15) is 0 Å². The van der Waals surface area contributed by atoms with Crippen molar-refractivity contribution < 1.29 is 8.42 Å². The van der Waals surface area contributed by atoms with Crippen LogP contribution in [0.15, 0.2) is 34.2 Å². The quantitative estimate of drug-likeness (QED) is 0.629. The first kappa shape index (κ1) is 13.0. The van der Waals surface area contributed by atoms with Gasteiger partial charge in [0.25, 0.3) is 0 Å². The summed E-state index contributed by atoms with van der Waals surface area (Å²) in [7, 11) is -3.60. The van der Waals surface area contributed by atoms with Crippen LogP contribution < -0.4 is 5.14 Å². The number of thiocarbonyl (C=S) groups is 1. The van der Waals surface area contributed by atoms with Crippen molar-refractivity contribution in [1.82, 2.24) is 0 Å². The second-order valence-electron chi connectivity index (χ2n) is 3.11. The van der Waals surface area contributed by atoms with Crippen molar-refractivity contribution in [2.24, 2.45) is 10.1 Å². The second-order valence-corrected chi connectivity index (χ2v) is 5.00. The molecule has 0 aliphatic heterocycles. The molecule has 4 nitrogen and oxygen atoms in total. The number of nitrogens with zero attached hydrogens (tertiary/aromatic N) is 1. The summed E-state index contributed by atoms with van der Waals surface area (Å²) in [5.41, 5.74) is 0.973. The van der Waals surface area contributed by atoms with Gasteiger partial charge in [-0.15, -0.1) is 0 Å². The maximum atomic E-state index is 11.0. The maximum absolute atomic E-state index is 11.0. The van der Waals surface area contributed by atoms with Gasteiger partial charge in [-0.25, -0.2) is 13.6 Å². The van der Waals surface area contributed by atoms with Gasteiger partial charge in [-0.1, -0.05) is 24.4 Å². The Balaban J connectivity index is 2.69. The van der Waals surface area contributed by atoms with E-state index in [0.717, 1.165) is 5.56 Å². The van der Waals surface area contributed by atoms with Gasteiger partial charge in [-0.2, -0.15) is 0 Å². The Labute approximate surface area is 100 Å². The first-order chi connectivity index (χ1) is 7.54. The van der Waals surface area contributed by atoms with Crippen LogP contribution in [0.5, 0.6) is 0 Å². The summed E-state index contributed by atoms with van der Waals surface area (Å²) in [5, 5.41) is 6.52. The van der Waals surface area contributed by atoms with Crippen LogP contribution in [0.25, 0.3) is 0 Å². The lowest BCUT2D eigenvalue weighted by Gasteiger charge is -1.99. The van der Waals surface area contributed by atoms with E-state index in [1.54, 1.807) is 23.7 Å². The van der Waals surface area contributed by atoms with E-state index in [1.807, 2.05) is 0 Å². The van der Waals surface area contributed by atoms with Gasteiger partial charge in [0, 0.05) is 18.0 Å². The molecule has 0 bridgehead atoms. The van der Waals surface area contributed by atoms with E-state index in [0.29, 0.717) is 13.0 Å². The minimum atomic E-state index is -3.60. The molecule has 0 spiro atoms. The Morgan fingerprint density at radius 3 is 2.44 bits per heavy atom. The van der Waals surface area contributed by atoms with Crippen LogP contribution >= 0.6 is 12.2 Å². The maximum Gasteiger partial charge on any atom is 0.238 e. The van der Waals surface area contributed by atoms with Crippen molar-refractivity contribution in [1.29, 1.82) is 0 Å². The lowest BCUT2D eigenvalue weighted by molar-refractivity contribution is 0.598. The fraction of sp³-hybridized carbons (Fsp3) is 0.200. The van der Waals surface area contributed by atoms with Crippen LogP contribution in [-0.2, 0) is 16.4 Å². The van der Waals surface area contributed by atoms with Crippen molar-refractivity contribution >= 4 is 33.8 Å². The normalized spacial score (nSPS) is 11.8. The van der Waals surface area contributed by atoms with E-state index in [2.05, 4.69) is 17.2 Å². The van der Waals surface area contributed by atoms with Crippen LogP contribution in [0.4, 0.5) is 0 Å². The molecular weight excluding hydrogens is 244 g/mol. The molecule has 2 N–H and O–H groups in total. The zero-order valence-electron chi connectivity index (χ0n) is 8.54. The molecule has 0 atom stereocenters. The molecule has 0 saturated heterocycles. The first-order valence-electron chi connectivity index (χ1n) is 4.57. The van der Waals surface area contributed by atoms with Crippen molar-refractivity contribution in [2.45, 2.75) is 11.3 Å². The predicted molar refractivity (Wildman–Crippen MR) is 68.5 cm³/mol. The Bertz CT molecular complexity index is 478. The molecular formula is C10H12N2O2S2. The smallest absolute Gasteiger partial charge is 0.238 e. The third kappa shape index (κ3) is 4.18. The Hall–Kier alpha value is -1.11. The van der Waals surface area contributed by atoms with Gasteiger partial charge in [0.15, 0.2) is 0 Å². The third-order valence-corrected chi connectivity index (χ3v) is 2.97. The first-order valence-corrected chi connectivity index (χ1v) is 6.59. The highest BCUT2D eigenvalue weighted by Gasteiger charge is 2.05. The number of nitrogens with two attached hydrogens (primary N) is 1. The average molecular weight is 256 g/mol. The summed E-state index contributed by atoms with van der Waals surface area (Å²) in [6.07, 6.45) is 2.39. The Morgan fingerprint density at radius 1 is 1.31 bits per heavy atom. The van der Waals surface area contributed by atoms with E-state index in [9.17, 15) is 8.42 Å². The number of hydrogen-bond acceptors (Lipinski definition) is 4. The number of primary sulfonamides is 1. The molecule has 86 valence electrons. The number of rotatable bonds is 5. The fourth-order valence-corrected chi connectivity index (χ4v) is 1.70. The molecule has 0 aliphatic rings. The Morgan fingerprint density at radius 2 is 1.94 bits per heavy atom. The Kier molecular flexibility index (Phi) is 4.72. The van der Waals surface area contributed by atoms with E-state index < -0.39 is 10.0 Å². The number of aliphatic imine (C=N–C) groups is 1. The summed E-state index contributed by atoms with van der Waals surface area (Å²) < 4.78 is 22.0. The molecule has 0 amide bonds. The minimum absolute atomic E-state index is 0.118. The van der Waals surface area contributed by atoms with Gasteiger partial charge >= 0.3 is 0 Å². The van der Waals surface area contributed by atoms with Crippen LogP contribution in [0.1, 0.15) is 5.56 Å². The number of benzene rings is 1. The van der Waals surface area contributed by atoms with Crippen molar-refractivity contribution in [3.63, 3.8) is 0 Å². The summed E-state index contributed by atoms with van der Waals surface area (Å²) in [6.45, 7) is 0.518. The average Bonchev–Trinajstić information content (AvgIpc) is 2.24. The summed E-state index contributed by atoms with van der Waals surface area (Å²) in [5.74, 6) is 0. The van der Waals surface area contributed by atoms with Crippen molar-refractivity contribution in [3.8, 4) is 0 Å². The predicted octanol–water partition coefficient (Wildman–Crippen LogP) is 0.947. The minimum Gasteiger partial charge on any atom is -0.292 e. The molecule has 0 aromatic heterocycles. The molecule has 0 aliphatic carbocycles.